The first-order valence-electron chi connectivity index (χ1n) is 9.04. The Morgan fingerprint density at radius 1 is 1.22 bits per heavy atom. The molecule has 5 nitrogen and oxygen atoms in total. The first kappa shape index (κ1) is 21.0. The Balaban J connectivity index is 1.99. The molecular formula is C20H26FN3O2S. The summed E-state index contributed by atoms with van der Waals surface area (Å²) in [4.78, 5) is 29.7. The number of halogens is 1. The summed E-state index contributed by atoms with van der Waals surface area (Å²) in [6, 6.07) is 5.78. The molecule has 27 heavy (non-hydrogen) atoms. The summed E-state index contributed by atoms with van der Waals surface area (Å²) >= 11 is 1.34. The van der Waals surface area contributed by atoms with Crippen LogP contribution < -0.4 is 10.6 Å². The molecular weight excluding hydrogens is 365 g/mol. The predicted octanol–water partition coefficient (Wildman–Crippen LogP) is 4.00. The molecule has 2 amide bonds. The zero-order valence-corrected chi connectivity index (χ0v) is 16.9. The molecule has 1 aromatic carbocycles. The minimum absolute atomic E-state index is 0.0483. The largest absolute Gasteiger partial charge is 0.344 e. The highest BCUT2D eigenvalue weighted by atomic mass is 32.1. The smallest absolute Gasteiger partial charge is 0.248 e. The zero-order valence-electron chi connectivity index (χ0n) is 16.1. The Hall–Kier alpha value is -2.28. The van der Waals surface area contributed by atoms with Gasteiger partial charge in [-0.25, -0.2) is 9.37 Å². The fourth-order valence-electron chi connectivity index (χ4n) is 2.62. The third-order valence-electron chi connectivity index (χ3n) is 3.91. The Morgan fingerprint density at radius 2 is 1.96 bits per heavy atom. The van der Waals surface area contributed by atoms with Crippen molar-refractivity contribution in [3.63, 3.8) is 0 Å². The zero-order chi connectivity index (χ0) is 20.0. The van der Waals surface area contributed by atoms with Crippen molar-refractivity contribution in [2.75, 3.05) is 5.32 Å². The lowest BCUT2D eigenvalue weighted by molar-refractivity contribution is -0.127. The van der Waals surface area contributed by atoms with Crippen LogP contribution in [0.1, 0.15) is 44.6 Å². The monoisotopic (exact) mass is 391 g/mol. The number of nitrogens with one attached hydrogen (secondary N) is 2. The summed E-state index contributed by atoms with van der Waals surface area (Å²) in [5.41, 5.74) is 0.845. The van der Waals surface area contributed by atoms with Crippen molar-refractivity contribution in [1.82, 2.24) is 10.3 Å². The van der Waals surface area contributed by atoms with Crippen molar-refractivity contribution in [3.8, 4) is 0 Å². The van der Waals surface area contributed by atoms with Crippen LogP contribution in [0.2, 0.25) is 0 Å². The van der Waals surface area contributed by atoms with E-state index in [1.165, 1.54) is 23.5 Å². The van der Waals surface area contributed by atoms with Gasteiger partial charge in [0.15, 0.2) is 5.13 Å². The van der Waals surface area contributed by atoms with Gasteiger partial charge in [0.25, 0.3) is 0 Å². The van der Waals surface area contributed by atoms with Gasteiger partial charge in [-0.2, -0.15) is 0 Å². The molecule has 1 aromatic heterocycles. The number of carbonyl (C=O) groups is 2. The van der Waals surface area contributed by atoms with E-state index in [9.17, 15) is 14.0 Å². The molecule has 1 unspecified atom stereocenters. The van der Waals surface area contributed by atoms with Crippen molar-refractivity contribution in [3.05, 3.63) is 46.7 Å². The fraction of sp³-hybridized carbons (Fsp3) is 0.450. The number of hydrogen-bond donors (Lipinski definition) is 2. The number of rotatable bonds is 8. The number of nitrogens with zero attached hydrogens (tertiary/aromatic N) is 1. The fourth-order valence-corrected chi connectivity index (χ4v) is 3.47. The number of thiazole rings is 1. The average Bonchev–Trinajstić information content (AvgIpc) is 2.98. The summed E-state index contributed by atoms with van der Waals surface area (Å²) in [5, 5.41) is 6.05. The number of carbonyl (C=O) groups excluding carboxylic acids is 2. The lowest BCUT2D eigenvalue weighted by atomic mass is 10.0. The van der Waals surface area contributed by atoms with E-state index >= 15 is 0 Å². The number of benzene rings is 1. The lowest BCUT2D eigenvalue weighted by Gasteiger charge is -2.21. The second-order valence-corrected chi connectivity index (χ2v) is 8.43. The molecule has 2 N–H and O–H groups in total. The third-order valence-corrected chi connectivity index (χ3v) is 4.82. The van der Waals surface area contributed by atoms with E-state index in [2.05, 4.69) is 15.6 Å². The van der Waals surface area contributed by atoms with E-state index < -0.39 is 6.04 Å². The van der Waals surface area contributed by atoms with Gasteiger partial charge in [-0.3, -0.25) is 9.59 Å². The minimum Gasteiger partial charge on any atom is -0.344 e. The molecule has 0 radical (unpaired) electrons. The van der Waals surface area contributed by atoms with Crippen molar-refractivity contribution in [1.29, 1.82) is 0 Å². The molecule has 7 heteroatoms. The Kier molecular flexibility index (Phi) is 7.47. The van der Waals surface area contributed by atoms with Crippen LogP contribution in [0, 0.1) is 17.7 Å². The van der Waals surface area contributed by atoms with Crippen molar-refractivity contribution in [2.24, 2.45) is 11.8 Å². The van der Waals surface area contributed by atoms with E-state index in [0.29, 0.717) is 18.0 Å². The highest BCUT2D eigenvalue weighted by Gasteiger charge is 2.25. The summed E-state index contributed by atoms with van der Waals surface area (Å²) in [6.07, 6.45) is 2.60. The number of aromatic nitrogens is 1. The molecule has 0 spiro atoms. The highest BCUT2D eigenvalue weighted by molar-refractivity contribution is 7.15. The first-order chi connectivity index (χ1) is 12.7. The van der Waals surface area contributed by atoms with Gasteiger partial charge in [0.2, 0.25) is 11.8 Å². The van der Waals surface area contributed by atoms with E-state index in [1.807, 2.05) is 33.8 Å². The Morgan fingerprint density at radius 3 is 2.59 bits per heavy atom. The van der Waals surface area contributed by atoms with E-state index in [1.54, 1.807) is 12.3 Å². The normalized spacial score (nSPS) is 12.3. The van der Waals surface area contributed by atoms with Crippen LogP contribution in [-0.4, -0.2) is 22.8 Å². The summed E-state index contributed by atoms with van der Waals surface area (Å²) in [6.45, 7) is 7.69. The van der Waals surface area contributed by atoms with Gasteiger partial charge in [0, 0.05) is 23.9 Å². The van der Waals surface area contributed by atoms with Crippen LogP contribution in [0.4, 0.5) is 9.52 Å². The molecule has 0 saturated heterocycles. The number of anilines is 1. The molecule has 1 heterocycles. The van der Waals surface area contributed by atoms with Crippen LogP contribution in [0.3, 0.4) is 0 Å². The SMILES string of the molecule is CC(C)CC(=O)NC(C(=O)Nc1ncc(Cc2cccc(F)c2)s1)C(C)C. The molecule has 0 bridgehead atoms. The topological polar surface area (TPSA) is 71.1 Å². The van der Waals surface area contributed by atoms with Gasteiger partial charge in [0.05, 0.1) is 0 Å². The lowest BCUT2D eigenvalue weighted by Crippen LogP contribution is -2.47. The number of amides is 2. The predicted molar refractivity (Wildman–Crippen MR) is 106 cm³/mol. The summed E-state index contributed by atoms with van der Waals surface area (Å²) in [7, 11) is 0. The molecule has 2 aromatic rings. The average molecular weight is 392 g/mol. The molecule has 0 saturated carbocycles. The van der Waals surface area contributed by atoms with Crippen molar-refractivity contribution < 1.29 is 14.0 Å². The van der Waals surface area contributed by atoms with E-state index in [-0.39, 0.29) is 29.5 Å². The van der Waals surface area contributed by atoms with Crippen LogP contribution >= 0.6 is 11.3 Å². The maximum absolute atomic E-state index is 13.3. The van der Waals surface area contributed by atoms with Gasteiger partial charge < -0.3 is 10.6 Å². The molecule has 146 valence electrons. The van der Waals surface area contributed by atoms with E-state index in [4.69, 9.17) is 0 Å². The quantitative estimate of drug-likeness (QED) is 0.714. The maximum atomic E-state index is 13.3. The summed E-state index contributed by atoms with van der Waals surface area (Å²) in [5.74, 6) is -0.515. The van der Waals surface area contributed by atoms with Gasteiger partial charge >= 0.3 is 0 Å². The van der Waals surface area contributed by atoms with E-state index in [0.717, 1.165) is 10.4 Å². The molecule has 2 rings (SSSR count). The maximum Gasteiger partial charge on any atom is 0.248 e. The molecule has 0 aliphatic carbocycles. The van der Waals surface area contributed by atoms with Gasteiger partial charge in [-0.15, -0.1) is 11.3 Å². The van der Waals surface area contributed by atoms with Gasteiger partial charge in [-0.1, -0.05) is 39.8 Å². The van der Waals surface area contributed by atoms with Crippen LogP contribution in [-0.2, 0) is 16.0 Å². The number of hydrogen-bond acceptors (Lipinski definition) is 4. The second kappa shape index (κ2) is 9.60. The molecule has 0 aliphatic heterocycles. The molecule has 1 atom stereocenters. The van der Waals surface area contributed by atoms with Gasteiger partial charge in [-0.05, 0) is 29.5 Å². The molecule has 0 fully saturated rings. The highest BCUT2D eigenvalue weighted by Crippen LogP contribution is 2.22. The summed E-state index contributed by atoms with van der Waals surface area (Å²) < 4.78 is 13.3. The standard InChI is InChI=1S/C20H26FN3O2S/c1-12(2)8-17(25)23-18(13(3)4)19(26)24-20-22-11-16(27-20)10-14-6-5-7-15(21)9-14/h5-7,9,11-13,18H,8,10H2,1-4H3,(H,23,25)(H,22,24,26). The van der Waals surface area contributed by atoms with Crippen LogP contribution in [0.25, 0.3) is 0 Å². The van der Waals surface area contributed by atoms with Crippen LogP contribution in [0.15, 0.2) is 30.5 Å². The minimum atomic E-state index is -0.619. The Bertz CT molecular complexity index is 789. The van der Waals surface area contributed by atoms with Crippen molar-refractivity contribution >= 4 is 28.3 Å². The first-order valence-corrected chi connectivity index (χ1v) is 9.85. The van der Waals surface area contributed by atoms with Crippen molar-refractivity contribution in [2.45, 2.75) is 46.6 Å². The molecule has 0 aliphatic rings. The third kappa shape index (κ3) is 6.75. The Labute approximate surface area is 163 Å². The van der Waals surface area contributed by atoms with Crippen LogP contribution in [0.5, 0.6) is 0 Å². The second-order valence-electron chi connectivity index (χ2n) is 7.31. The van der Waals surface area contributed by atoms with Gasteiger partial charge in [0.1, 0.15) is 11.9 Å².